The summed E-state index contributed by atoms with van der Waals surface area (Å²) in [6.45, 7) is 2.87. The summed E-state index contributed by atoms with van der Waals surface area (Å²) in [5.41, 5.74) is 5.07. The number of alkyl halides is 3. The van der Waals surface area contributed by atoms with E-state index in [1.54, 1.807) is 13.8 Å². The van der Waals surface area contributed by atoms with Crippen LogP contribution in [0, 0.1) is 5.41 Å². The zero-order chi connectivity index (χ0) is 12.1. The van der Waals surface area contributed by atoms with Crippen molar-refractivity contribution in [3.63, 3.8) is 0 Å². The monoisotopic (exact) mass is 228 g/mol. The minimum Gasteiger partial charge on any atom is -0.395 e. The highest BCUT2D eigenvalue weighted by atomic mass is 19.4. The van der Waals surface area contributed by atoms with Crippen LogP contribution in [0.2, 0.25) is 0 Å². The number of rotatable bonds is 6. The van der Waals surface area contributed by atoms with Crippen molar-refractivity contribution in [3.8, 4) is 0 Å². The summed E-state index contributed by atoms with van der Waals surface area (Å²) in [6.07, 6.45) is -4.24. The molecule has 0 aliphatic heterocycles. The number of aliphatic hydroxyl groups is 1. The largest absolute Gasteiger partial charge is 0.401 e. The third-order valence-electron chi connectivity index (χ3n) is 2.02. The highest BCUT2D eigenvalue weighted by Gasteiger charge is 2.32. The van der Waals surface area contributed by atoms with E-state index in [0.29, 0.717) is 6.54 Å². The molecule has 0 spiro atoms. The lowest BCUT2D eigenvalue weighted by Gasteiger charge is -2.31. The summed E-state index contributed by atoms with van der Waals surface area (Å²) < 4.78 is 36.5. The van der Waals surface area contributed by atoms with Crippen LogP contribution in [0.1, 0.15) is 13.8 Å². The van der Waals surface area contributed by atoms with Gasteiger partial charge in [0.25, 0.3) is 0 Å². The Kier molecular flexibility index (Phi) is 5.55. The topological polar surface area (TPSA) is 49.5 Å². The molecule has 0 aliphatic rings. The maximum absolute atomic E-state index is 12.2. The first-order valence-electron chi connectivity index (χ1n) is 4.80. The molecule has 92 valence electrons. The molecule has 0 rings (SSSR count). The Balaban J connectivity index is 4.28. The molecule has 0 unspecified atom stereocenters. The Labute approximate surface area is 88.0 Å². The molecule has 15 heavy (non-hydrogen) atoms. The first-order valence-corrected chi connectivity index (χ1v) is 4.80. The zero-order valence-electron chi connectivity index (χ0n) is 9.14. The second kappa shape index (κ2) is 5.67. The number of nitrogens with zero attached hydrogens (tertiary/aromatic N) is 1. The van der Waals surface area contributed by atoms with Crippen LogP contribution in [0.25, 0.3) is 0 Å². The Morgan fingerprint density at radius 2 is 1.73 bits per heavy atom. The van der Waals surface area contributed by atoms with Gasteiger partial charge in [-0.3, -0.25) is 4.90 Å². The van der Waals surface area contributed by atoms with Crippen molar-refractivity contribution in [2.45, 2.75) is 20.0 Å². The van der Waals surface area contributed by atoms with Gasteiger partial charge >= 0.3 is 6.18 Å². The van der Waals surface area contributed by atoms with Gasteiger partial charge < -0.3 is 10.8 Å². The van der Waals surface area contributed by atoms with Gasteiger partial charge in [0.1, 0.15) is 0 Å². The molecule has 3 N–H and O–H groups in total. The highest BCUT2D eigenvalue weighted by Crippen LogP contribution is 2.20. The molecule has 0 bridgehead atoms. The molecule has 0 saturated carbocycles. The Morgan fingerprint density at radius 1 is 1.20 bits per heavy atom. The molecule has 0 saturated heterocycles. The first kappa shape index (κ1) is 14.7. The lowest BCUT2D eigenvalue weighted by molar-refractivity contribution is -0.149. The van der Waals surface area contributed by atoms with Crippen LogP contribution < -0.4 is 5.73 Å². The van der Waals surface area contributed by atoms with E-state index in [1.807, 2.05) is 0 Å². The van der Waals surface area contributed by atoms with Gasteiger partial charge in [0.2, 0.25) is 0 Å². The summed E-state index contributed by atoms with van der Waals surface area (Å²) in [4.78, 5) is 1.17. The van der Waals surface area contributed by atoms with E-state index in [9.17, 15) is 13.2 Å². The molecule has 3 nitrogen and oxygen atoms in total. The number of hydrogen-bond acceptors (Lipinski definition) is 3. The van der Waals surface area contributed by atoms with E-state index in [4.69, 9.17) is 10.8 Å². The number of nitrogens with two attached hydrogens (primary N) is 1. The van der Waals surface area contributed by atoms with Crippen LogP contribution in [0.3, 0.4) is 0 Å². The number of hydrogen-bond donors (Lipinski definition) is 2. The average molecular weight is 228 g/mol. The van der Waals surface area contributed by atoms with Crippen molar-refractivity contribution >= 4 is 0 Å². The second-order valence-corrected chi connectivity index (χ2v) is 4.42. The molecule has 0 aliphatic carbocycles. The number of aliphatic hydroxyl groups excluding tert-OH is 1. The molecule has 0 amide bonds. The van der Waals surface area contributed by atoms with Crippen molar-refractivity contribution in [2.24, 2.45) is 11.1 Å². The summed E-state index contributed by atoms with van der Waals surface area (Å²) in [6, 6.07) is 0. The molecule has 0 aromatic rings. The van der Waals surface area contributed by atoms with Crippen molar-refractivity contribution < 1.29 is 18.3 Å². The fourth-order valence-corrected chi connectivity index (χ4v) is 1.28. The second-order valence-electron chi connectivity index (χ2n) is 4.42. The van der Waals surface area contributed by atoms with Crippen LogP contribution >= 0.6 is 0 Å². The Morgan fingerprint density at radius 3 is 2.07 bits per heavy atom. The van der Waals surface area contributed by atoms with Crippen LogP contribution in [-0.2, 0) is 0 Å². The number of halogens is 3. The predicted octanol–water partition coefficient (Wildman–Crippen LogP) is 0.828. The summed E-state index contributed by atoms with van der Waals surface area (Å²) in [5, 5.41) is 8.66. The lowest BCUT2D eigenvalue weighted by Crippen LogP contribution is -2.44. The maximum Gasteiger partial charge on any atom is 0.401 e. The minimum atomic E-state index is -4.24. The predicted molar refractivity (Wildman–Crippen MR) is 52.4 cm³/mol. The molecule has 0 heterocycles. The van der Waals surface area contributed by atoms with Crippen molar-refractivity contribution in [3.05, 3.63) is 0 Å². The maximum atomic E-state index is 12.2. The van der Waals surface area contributed by atoms with E-state index in [0.717, 1.165) is 0 Å². The van der Waals surface area contributed by atoms with Crippen molar-refractivity contribution in [1.82, 2.24) is 4.90 Å². The van der Waals surface area contributed by atoms with Crippen LogP contribution in [0.4, 0.5) is 13.2 Å². The minimum absolute atomic E-state index is 0.0168. The van der Waals surface area contributed by atoms with Gasteiger partial charge in [0.05, 0.1) is 13.2 Å². The van der Waals surface area contributed by atoms with Gasteiger partial charge in [-0.1, -0.05) is 13.8 Å². The highest BCUT2D eigenvalue weighted by molar-refractivity contribution is 4.76. The SMILES string of the molecule is CC(C)(CN)CN(CCO)CC(F)(F)F. The summed E-state index contributed by atoms with van der Waals surface area (Å²) >= 11 is 0. The van der Waals surface area contributed by atoms with Gasteiger partial charge in [0, 0.05) is 13.1 Å². The van der Waals surface area contributed by atoms with Crippen LogP contribution in [-0.4, -0.2) is 49.0 Å². The van der Waals surface area contributed by atoms with E-state index in [1.165, 1.54) is 4.90 Å². The third kappa shape index (κ3) is 7.58. The van der Waals surface area contributed by atoms with Gasteiger partial charge in [-0.05, 0) is 12.0 Å². The Hall–Kier alpha value is -0.330. The summed E-state index contributed by atoms with van der Waals surface area (Å²) in [7, 11) is 0. The molecule has 0 aromatic carbocycles. The zero-order valence-corrected chi connectivity index (χ0v) is 9.14. The molecule has 0 radical (unpaired) electrons. The van der Waals surface area contributed by atoms with Gasteiger partial charge in [-0.15, -0.1) is 0 Å². The van der Waals surface area contributed by atoms with Crippen LogP contribution in [0.15, 0.2) is 0 Å². The van der Waals surface area contributed by atoms with E-state index in [2.05, 4.69) is 0 Å². The standard InChI is InChI=1S/C9H19F3N2O/c1-8(2,5-13)6-14(3-4-15)7-9(10,11)12/h15H,3-7,13H2,1-2H3. The quantitative estimate of drug-likeness (QED) is 0.708. The fraction of sp³-hybridized carbons (Fsp3) is 1.00. The average Bonchev–Trinajstić information content (AvgIpc) is 2.01. The summed E-state index contributed by atoms with van der Waals surface area (Å²) in [5.74, 6) is 0. The van der Waals surface area contributed by atoms with E-state index >= 15 is 0 Å². The normalized spacial score (nSPS) is 13.6. The first-order chi connectivity index (χ1) is 6.70. The molecule has 0 aromatic heterocycles. The Bertz CT molecular complexity index is 183. The van der Waals surface area contributed by atoms with Gasteiger partial charge in [-0.2, -0.15) is 13.2 Å². The van der Waals surface area contributed by atoms with Gasteiger partial charge in [0.15, 0.2) is 0 Å². The molecular weight excluding hydrogens is 209 g/mol. The van der Waals surface area contributed by atoms with Gasteiger partial charge in [-0.25, -0.2) is 0 Å². The molecule has 0 atom stereocenters. The lowest BCUT2D eigenvalue weighted by atomic mass is 9.93. The molecular formula is C9H19F3N2O. The smallest absolute Gasteiger partial charge is 0.395 e. The van der Waals surface area contributed by atoms with Crippen molar-refractivity contribution in [1.29, 1.82) is 0 Å². The fourth-order valence-electron chi connectivity index (χ4n) is 1.28. The molecule has 6 heteroatoms. The molecule has 0 fully saturated rings. The van der Waals surface area contributed by atoms with E-state index < -0.39 is 12.7 Å². The third-order valence-corrected chi connectivity index (χ3v) is 2.02. The van der Waals surface area contributed by atoms with E-state index in [-0.39, 0.29) is 25.1 Å². The van der Waals surface area contributed by atoms with Crippen molar-refractivity contribution in [2.75, 3.05) is 32.8 Å². The van der Waals surface area contributed by atoms with Crippen LogP contribution in [0.5, 0.6) is 0 Å².